The minimum Gasteiger partial charge on any atom is -0.491 e. The van der Waals surface area contributed by atoms with Crippen molar-refractivity contribution in [3.05, 3.63) is 23.8 Å². The quantitative estimate of drug-likeness (QED) is 0.575. The number of rotatable bonds is 5. The van der Waals surface area contributed by atoms with Gasteiger partial charge >= 0.3 is 6.03 Å². The minimum absolute atomic E-state index is 0.0307. The Kier molecular flexibility index (Phi) is 5.84. The number of ether oxygens (including phenoxy) is 1. The normalized spacial score (nSPS) is 17.7. The first-order valence-electron chi connectivity index (χ1n) is 8.15. The third kappa shape index (κ3) is 4.15. The molecule has 126 valence electrons. The van der Waals surface area contributed by atoms with E-state index in [1.54, 1.807) is 13.0 Å². The number of hydrogen-bond donors (Lipinski definition) is 3. The van der Waals surface area contributed by atoms with Gasteiger partial charge in [0.1, 0.15) is 12.4 Å². The van der Waals surface area contributed by atoms with Crippen molar-refractivity contribution in [1.29, 1.82) is 5.41 Å². The summed E-state index contributed by atoms with van der Waals surface area (Å²) < 4.78 is 5.93. The molecular weight excluding hydrogens is 292 g/mol. The van der Waals surface area contributed by atoms with Crippen LogP contribution in [0, 0.1) is 5.41 Å². The number of anilines is 1. The van der Waals surface area contributed by atoms with Gasteiger partial charge in [-0.3, -0.25) is 0 Å². The van der Waals surface area contributed by atoms with Crippen LogP contribution in [-0.2, 0) is 0 Å². The number of carbonyl (C=O) groups excluding carboxylic acids is 1. The first-order chi connectivity index (χ1) is 11.0. The summed E-state index contributed by atoms with van der Waals surface area (Å²) in [4.78, 5) is 14.0. The Bertz CT molecular complexity index is 574. The van der Waals surface area contributed by atoms with Crippen molar-refractivity contribution >= 4 is 17.4 Å². The highest BCUT2D eigenvalue weighted by atomic mass is 16.5. The molecule has 1 aromatic rings. The molecule has 0 aromatic heterocycles. The summed E-state index contributed by atoms with van der Waals surface area (Å²) in [5.74, 6) is 0.610. The molecule has 0 saturated carbocycles. The molecule has 0 bridgehead atoms. The second kappa shape index (κ2) is 7.85. The van der Waals surface area contributed by atoms with Crippen LogP contribution in [0.3, 0.4) is 0 Å². The topological polar surface area (TPSA) is 91.4 Å². The molecule has 1 unspecified atom stereocenters. The first-order valence-corrected chi connectivity index (χ1v) is 8.15. The van der Waals surface area contributed by atoms with Crippen molar-refractivity contribution in [2.45, 2.75) is 39.2 Å². The van der Waals surface area contributed by atoms with Gasteiger partial charge in [0.05, 0.1) is 11.6 Å². The maximum atomic E-state index is 12.2. The molecule has 23 heavy (non-hydrogen) atoms. The second-order valence-electron chi connectivity index (χ2n) is 5.83. The minimum atomic E-state index is -0.0307. The van der Waals surface area contributed by atoms with Crippen LogP contribution >= 0.6 is 0 Å². The molecule has 4 N–H and O–H groups in total. The van der Waals surface area contributed by atoms with E-state index in [1.807, 2.05) is 24.0 Å². The number of carbonyl (C=O) groups is 1. The zero-order valence-electron chi connectivity index (χ0n) is 13.9. The smallest absolute Gasteiger partial charge is 0.317 e. The van der Waals surface area contributed by atoms with Gasteiger partial charge in [0.25, 0.3) is 0 Å². The van der Waals surface area contributed by atoms with Crippen molar-refractivity contribution in [1.82, 2.24) is 10.2 Å². The van der Waals surface area contributed by atoms with Crippen LogP contribution in [0.5, 0.6) is 5.75 Å². The van der Waals surface area contributed by atoms with E-state index in [-0.39, 0.29) is 12.1 Å². The maximum absolute atomic E-state index is 12.2. The van der Waals surface area contributed by atoms with Gasteiger partial charge in [-0.2, -0.15) is 0 Å². The Balaban J connectivity index is 2.08. The standard InChI is InChI=1S/C17H26N4O2/c1-3-20-17(22)21-10-5-4-7-13(21)11-23-15-9-6-8-14(19)16(15)12(2)18/h6,8-9,13,18H,3-5,7,10-11,19H2,1-2H3,(H,20,22). The molecule has 0 spiro atoms. The van der Waals surface area contributed by atoms with E-state index < -0.39 is 0 Å². The average molecular weight is 318 g/mol. The highest BCUT2D eigenvalue weighted by Gasteiger charge is 2.27. The summed E-state index contributed by atoms with van der Waals surface area (Å²) in [5.41, 5.74) is 7.50. The van der Waals surface area contributed by atoms with Gasteiger partial charge in [0, 0.05) is 24.5 Å². The molecule has 2 amide bonds. The van der Waals surface area contributed by atoms with E-state index in [0.717, 1.165) is 25.8 Å². The number of amides is 2. The van der Waals surface area contributed by atoms with Crippen molar-refractivity contribution in [3.8, 4) is 5.75 Å². The molecule has 0 radical (unpaired) electrons. The number of nitrogens with one attached hydrogen (secondary N) is 2. The summed E-state index contributed by atoms with van der Waals surface area (Å²) >= 11 is 0. The van der Waals surface area contributed by atoms with Crippen LogP contribution in [0.4, 0.5) is 10.5 Å². The van der Waals surface area contributed by atoms with E-state index in [2.05, 4.69) is 5.32 Å². The van der Waals surface area contributed by atoms with Crippen molar-refractivity contribution in [3.63, 3.8) is 0 Å². The Morgan fingerprint density at radius 3 is 2.96 bits per heavy atom. The summed E-state index contributed by atoms with van der Waals surface area (Å²) in [6.07, 6.45) is 3.05. The number of likely N-dealkylation sites (tertiary alicyclic amines) is 1. The number of nitrogen functional groups attached to an aromatic ring is 1. The molecule has 2 rings (SSSR count). The zero-order valence-corrected chi connectivity index (χ0v) is 13.9. The lowest BCUT2D eigenvalue weighted by Crippen LogP contribution is -2.50. The predicted octanol–water partition coefficient (Wildman–Crippen LogP) is 2.62. The van der Waals surface area contributed by atoms with Gasteiger partial charge in [0.2, 0.25) is 0 Å². The Hall–Kier alpha value is -2.24. The van der Waals surface area contributed by atoms with Crippen LogP contribution in [-0.4, -0.2) is 42.4 Å². The third-order valence-electron chi connectivity index (χ3n) is 4.08. The fourth-order valence-electron chi connectivity index (χ4n) is 2.95. The lowest BCUT2D eigenvalue weighted by Gasteiger charge is -2.35. The average Bonchev–Trinajstić information content (AvgIpc) is 2.53. The molecule has 6 nitrogen and oxygen atoms in total. The predicted molar refractivity (Wildman–Crippen MR) is 92.3 cm³/mol. The van der Waals surface area contributed by atoms with E-state index in [4.69, 9.17) is 15.9 Å². The van der Waals surface area contributed by atoms with Gasteiger partial charge in [-0.25, -0.2) is 4.79 Å². The molecule has 0 aliphatic carbocycles. The van der Waals surface area contributed by atoms with Crippen LogP contribution < -0.4 is 15.8 Å². The number of piperidine rings is 1. The molecule has 1 heterocycles. The molecule has 1 aliphatic heterocycles. The molecule has 1 fully saturated rings. The van der Waals surface area contributed by atoms with E-state index in [9.17, 15) is 4.79 Å². The van der Waals surface area contributed by atoms with Gasteiger partial charge in [-0.05, 0) is 45.2 Å². The van der Waals surface area contributed by atoms with Crippen LogP contribution in [0.2, 0.25) is 0 Å². The van der Waals surface area contributed by atoms with Crippen LogP contribution in [0.25, 0.3) is 0 Å². The number of benzene rings is 1. The Morgan fingerprint density at radius 2 is 2.26 bits per heavy atom. The lowest BCUT2D eigenvalue weighted by atomic mass is 10.0. The molecule has 6 heteroatoms. The number of nitrogens with zero attached hydrogens (tertiary/aromatic N) is 1. The molecular formula is C17H26N4O2. The molecule has 1 aromatic carbocycles. The van der Waals surface area contributed by atoms with Gasteiger partial charge in [0.15, 0.2) is 0 Å². The molecule has 1 aliphatic rings. The van der Waals surface area contributed by atoms with Crippen LogP contribution in [0.15, 0.2) is 18.2 Å². The number of nitrogens with two attached hydrogens (primary N) is 1. The van der Waals surface area contributed by atoms with Gasteiger partial charge in [-0.1, -0.05) is 6.07 Å². The fraction of sp³-hybridized carbons (Fsp3) is 0.529. The summed E-state index contributed by atoms with van der Waals surface area (Å²) in [6.45, 7) is 5.41. The van der Waals surface area contributed by atoms with E-state index >= 15 is 0 Å². The highest BCUT2D eigenvalue weighted by molar-refractivity contribution is 6.03. The van der Waals surface area contributed by atoms with Crippen molar-refractivity contribution in [2.24, 2.45) is 0 Å². The zero-order chi connectivity index (χ0) is 16.8. The van der Waals surface area contributed by atoms with Crippen LogP contribution in [0.1, 0.15) is 38.7 Å². The SMILES string of the molecule is CCNC(=O)N1CCCCC1COc1cccc(N)c1C(C)=N. The molecule has 1 saturated heterocycles. The number of urea groups is 1. The largest absolute Gasteiger partial charge is 0.491 e. The first kappa shape index (κ1) is 17.1. The Morgan fingerprint density at radius 1 is 1.48 bits per heavy atom. The Labute approximate surface area is 137 Å². The van der Waals surface area contributed by atoms with Gasteiger partial charge in [-0.15, -0.1) is 0 Å². The monoisotopic (exact) mass is 318 g/mol. The molecule has 1 atom stereocenters. The van der Waals surface area contributed by atoms with Crippen molar-refractivity contribution in [2.75, 3.05) is 25.4 Å². The van der Waals surface area contributed by atoms with E-state index in [1.165, 1.54) is 0 Å². The fourth-order valence-corrected chi connectivity index (χ4v) is 2.95. The summed E-state index contributed by atoms with van der Waals surface area (Å²) in [7, 11) is 0. The summed E-state index contributed by atoms with van der Waals surface area (Å²) in [6, 6.07) is 5.43. The third-order valence-corrected chi connectivity index (χ3v) is 4.08. The second-order valence-corrected chi connectivity index (χ2v) is 5.83. The maximum Gasteiger partial charge on any atom is 0.317 e. The lowest BCUT2D eigenvalue weighted by molar-refractivity contribution is 0.116. The summed E-state index contributed by atoms with van der Waals surface area (Å²) in [5, 5.41) is 10.7. The highest BCUT2D eigenvalue weighted by Crippen LogP contribution is 2.26. The van der Waals surface area contributed by atoms with E-state index in [0.29, 0.717) is 35.9 Å². The number of hydrogen-bond acceptors (Lipinski definition) is 4. The van der Waals surface area contributed by atoms with Crippen molar-refractivity contribution < 1.29 is 9.53 Å². The van der Waals surface area contributed by atoms with Gasteiger partial charge < -0.3 is 26.1 Å².